The predicted molar refractivity (Wildman–Crippen MR) is 119 cm³/mol. The van der Waals surface area contributed by atoms with E-state index in [1.165, 1.54) is 17.0 Å². The number of rotatable bonds is 9. The molecule has 0 bridgehead atoms. The number of urea groups is 1. The van der Waals surface area contributed by atoms with Gasteiger partial charge in [0.25, 0.3) is 12.0 Å². The minimum absolute atomic E-state index is 0.132. The second kappa shape index (κ2) is 11.0. The van der Waals surface area contributed by atoms with Crippen molar-refractivity contribution in [2.24, 2.45) is 0 Å². The summed E-state index contributed by atoms with van der Waals surface area (Å²) in [6.45, 7) is 0.101. The van der Waals surface area contributed by atoms with Gasteiger partial charge in [-0.2, -0.15) is 0 Å². The molecule has 3 rings (SSSR count). The molecule has 3 aromatic rings. The van der Waals surface area contributed by atoms with E-state index >= 15 is 0 Å². The Balaban J connectivity index is 1.73. The summed E-state index contributed by atoms with van der Waals surface area (Å²) in [5.41, 5.74) is 0.938. The topological polar surface area (TPSA) is 77.2 Å². The van der Waals surface area contributed by atoms with Crippen LogP contribution in [0.4, 0.5) is 23.7 Å². The zero-order valence-corrected chi connectivity index (χ0v) is 17.8. The number of nitrogens with zero attached hydrogens (tertiary/aromatic N) is 1. The van der Waals surface area contributed by atoms with Gasteiger partial charge >= 0.3 is 6.03 Å². The zero-order chi connectivity index (χ0) is 23.1. The number of carbonyl (C=O) groups is 1. The third kappa shape index (κ3) is 6.24. The molecular weight excluding hydrogens is 445 g/mol. The van der Waals surface area contributed by atoms with Crippen LogP contribution in [0.5, 0.6) is 0 Å². The average molecular weight is 467 g/mol. The second-order valence-corrected chi connectivity index (χ2v) is 7.49. The third-order valence-corrected chi connectivity index (χ3v) is 5.15. The molecule has 0 aliphatic heterocycles. The van der Waals surface area contributed by atoms with Crippen LogP contribution >= 0.6 is 11.6 Å². The molecule has 0 atom stereocenters. The Hall–Kier alpha value is -3.04. The van der Waals surface area contributed by atoms with E-state index < -0.39 is 24.8 Å². The smallest absolute Gasteiger partial charge is 0.321 e. The van der Waals surface area contributed by atoms with Gasteiger partial charge in [-0.3, -0.25) is 4.79 Å². The minimum Gasteiger partial charge on any atom is -0.328 e. The van der Waals surface area contributed by atoms with E-state index in [9.17, 15) is 22.8 Å². The molecule has 1 heterocycles. The van der Waals surface area contributed by atoms with E-state index in [0.717, 1.165) is 17.0 Å². The highest BCUT2D eigenvalue weighted by Crippen LogP contribution is 2.20. The lowest BCUT2D eigenvalue weighted by Crippen LogP contribution is -2.41. The molecule has 2 amide bonds. The normalized spacial score (nSPS) is 11.2. The van der Waals surface area contributed by atoms with Gasteiger partial charge in [0, 0.05) is 36.9 Å². The summed E-state index contributed by atoms with van der Waals surface area (Å²) in [5, 5.41) is 6.43. The molecule has 6 nitrogen and oxygen atoms in total. The van der Waals surface area contributed by atoms with Crippen molar-refractivity contribution in [1.82, 2.24) is 15.2 Å². The summed E-state index contributed by atoms with van der Waals surface area (Å²) in [7, 11) is 0. The van der Waals surface area contributed by atoms with E-state index in [4.69, 9.17) is 11.6 Å². The Morgan fingerprint density at radius 2 is 1.88 bits per heavy atom. The SMILES string of the molecule is O=C(Nc1ccc(F)c(Cl)c1)N(CCNCC(F)F)CCc1c[nH]c(=O)c2ccccc12. The van der Waals surface area contributed by atoms with E-state index in [1.807, 2.05) is 12.1 Å². The fourth-order valence-corrected chi connectivity index (χ4v) is 3.43. The molecular formula is C22H22ClF3N4O2. The monoisotopic (exact) mass is 466 g/mol. The molecule has 0 aliphatic rings. The second-order valence-electron chi connectivity index (χ2n) is 7.08. The van der Waals surface area contributed by atoms with Crippen molar-refractivity contribution in [3.05, 3.63) is 75.4 Å². The number of nitrogens with one attached hydrogen (secondary N) is 3. The average Bonchev–Trinajstić information content (AvgIpc) is 2.77. The van der Waals surface area contributed by atoms with Crippen molar-refractivity contribution >= 4 is 34.1 Å². The summed E-state index contributed by atoms with van der Waals surface area (Å²) >= 11 is 5.77. The van der Waals surface area contributed by atoms with E-state index in [2.05, 4.69) is 15.6 Å². The number of carbonyl (C=O) groups excluding carboxylic acids is 1. The van der Waals surface area contributed by atoms with Crippen LogP contribution in [0.15, 0.2) is 53.5 Å². The van der Waals surface area contributed by atoms with Crippen molar-refractivity contribution < 1.29 is 18.0 Å². The Morgan fingerprint density at radius 3 is 2.59 bits per heavy atom. The molecule has 3 N–H and O–H groups in total. The first-order chi connectivity index (χ1) is 15.3. The molecule has 0 fully saturated rings. The highest BCUT2D eigenvalue weighted by atomic mass is 35.5. The number of aromatic nitrogens is 1. The van der Waals surface area contributed by atoms with Gasteiger partial charge in [-0.1, -0.05) is 29.8 Å². The molecule has 2 aromatic carbocycles. The van der Waals surface area contributed by atoms with Crippen molar-refractivity contribution in [2.45, 2.75) is 12.8 Å². The van der Waals surface area contributed by atoms with Crippen LogP contribution < -0.4 is 16.2 Å². The lowest BCUT2D eigenvalue weighted by atomic mass is 10.1. The summed E-state index contributed by atoms with van der Waals surface area (Å²) in [5.74, 6) is -0.609. The fraction of sp³-hybridized carbons (Fsp3) is 0.273. The molecule has 32 heavy (non-hydrogen) atoms. The highest BCUT2D eigenvalue weighted by Gasteiger charge is 2.16. The van der Waals surface area contributed by atoms with E-state index in [0.29, 0.717) is 17.5 Å². The van der Waals surface area contributed by atoms with Gasteiger partial charge in [-0.05, 0) is 41.6 Å². The third-order valence-electron chi connectivity index (χ3n) is 4.86. The number of aromatic amines is 1. The van der Waals surface area contributed by atoms with Gasteiger partial charge in [0.2, 0.25) is 0 Å². The van der Waals surface area contributed by atoms with Gasteiger partial charge < -0.3 is 20.5 Å². The fourth-order valence-electron chi connectivity index (χ4n) is 3.25. The first kappa shape index (κ1) is 23.6. The van der Waals surface area contributed by atoms with Crippen molar-refractivity contribution in [1.29, 1.82) is 0 Å². The maximum absolute atomic E-state index is 13.4. The number of pyridine rings is 1. The molecule has 1 aromatic heterocycles. The highest BCUT2D eigenvalue weighted by molar-refractivity contribution is 6.31. The van der Waals surface area contributed by atoms with Crippen molar-refractivity contribution in [2.75, 3.05) is 31.5 Å². The lowest BCUT2D eigenvalue weighted by Gasteiger charge is -2.24. The quantitative estimate of drug-likeness (QED) is 0.412. The molecule has 0 saturated carbocycles. The van der Waals surface area contributed by atoms with E-state index in [-0.39, 0.29) is 30.2 Å². The lowest BCUT2D eigenvalue weighted by molar-refractivity contribution is 0.144. The van der Waals surface area contributed by atoms with Crippen LogP contribution in [0.3, 0.4) is 0 Å². The maximum atomic E-state index is 13.4. The van der Waals surface area contributed by atoms with Crippen LogP contribution in [0, 0.1) is 5.82 Å². The molecule has 0 spiro atoms. The Morgan fingerprint density at radius 1 is 1.12 bits per heavy atom. The van der Waals surface area contributed by atoms with Gasteiger partial charge in [-0.25, -0.2) is 18.0 Å². The number of alkyl halides is 2. The van der Waals surface area contributed by atoms with Gasteiger partial charge in [0.1, 0.15) is 5.82 Å². The first-order valence-corrected chi connectivity index (χ1v) is 10.3. The first-order valence-electron chi connectivity index (χ1n) is 9.94. The number of H-pyrrole nitrogens is 1. The van der Waals surface area contributed by atoms with Gasteiger partial charge in [0.05, 0.1) is 11.6 Å². The Labute approximate surface area is 187 Å². The van der Waals surface area contributed by atoms with E-state index in [1.54, 1.807) is 18.3 Å². The molecule has 0 aliphatic carbocycles. The van der Waals surface area contributed by atoms with Gasteiger partial charge in [-0.15, -0.1) is 0 Å². The molecule has 0 unspecified atom stereocenters. The van der Waals surface area contributed by atoms with Crippen LogP contribution in [-0.4, -0.2) is 48.5 Å². The summed E-state index contributed by atoms with van der Waals surface area (Å²) in [4.78, 5) is 29.0. The molecule has 0 radical (unpaired) electrons. The van der Waals surface area contributed by atoms with Crippen molar-refractivity contribution in [3.8, 4) is 0 Å². The van der Waals surface area contributed by atoms with Crippen LogP contribution in [0.25, 0.3) is 10.8 Å². The Bertz CT molecular complexity index is 1140. The van der Waals surface area contributed by atoms with Crippen LogP contribution in [0.1, 0.15) is 5.56 Å². The number of hydrogen-bond acceptors (Lipinski definition) is 3. The number of fused-ring (bicyclic) bond motifs is 1. The number of hydrogen-bond donors (Lipinski definition) is 3. The van der Waals surface area contributed by atoms with Crippen LogP contribution in [-0.2, 0) is 6.42 Å². The standard InChI is InChI=1S/C22H22ClF3N4O2/c23-18-11-15(5-6-19(18)24)29-22(32)30(10-8-27-13-20(25)26)9-7-14-12-28-21(31)17-4-2-1-3-16(14)17/h1-6,11-12,20,27H,7-10,13H2,(H,28,31)(H,29,32). The summed E-state index contributed by atoms with van der Waals surface area (Å²) < 4.78 is 38.2. The molecule has 170 valence electrons. The van der Waals surface area contributed by atoms with Crippen molar-refractivity contribution in [3.63, 3.8) is 0 Å². The number of anilines is 1. The largest absolute Gasteiger partial charge is 0.328 e. The number of halogens is 4. The Kier molecular flexibility index (Phi) is 8.13. The zero-order valence-electron chi connectivity index (χ0n) is 17.0. The van der Waals surface area contributed by atoms with Gasteiger partial charge in [0.15, 0.2) is 0 Å². The maximum Gasteiger partial charge on any atom is 0.321 e. The molecule has 10 heteroatoms. The summed E-state index contributed by atoms with van der Waals surface area (Å²) in [6.07, 6.45) is -0.467. The number of amides is 2. The number of benzene rings is 2. The molecule has 0 saturated heterocycles. The van der Waals surface area contributed by atoms with Crippen LogP contribution in [0.2, 0.25) is 5.02 Å². The predicted octanol–water partition coefficient (Wildman–Crippen LogP) is 4.25. The summed E-state index contributed by atoms with van der Waals surface area (Å²) in [6, 6.07) is 10.5. The minimum atomic E-state index is -2.49.